The molecule has 13 heavy (non-hydrogen) atoms. The minimum absolute atomic E-state index is 0.547. The number of nitrogens with zero attached hydrogens (tertiary/aromatic N) is 1. The molecular formula is C8H4Br3NO. The van der Waals surface area contributed by atoms with E-state index in [-0.39, 0.29) is 0 Å². The summed E-state index contributed by atoms with van der Waals surface area (Å²) in [6.07, 6.45) is -1.11. The summed E-state index contributed by atoms with van der Waals surface area (Å²) in [5.74, 6) is 0. The molecule has 1 aromatic rings. The smallest absolute Gasteiger partial charge is 0.168 e. The molecule has 0 heterocycles. The number of hydrogen-bond donors (Lipinski definition) is 1. The molecule has 0 radical (unpaired) electrons. The van der Waals surface area contributed by atoms with Crippen molar-refractivity contribution in [3.8, 4) is 6.07 Å². The summed E-state index contributed by atoms with van der Waals surface area (Å²) >= 11 is 9.83. The van der Waals surface area contributed by atoms with E-state index in [1.807, 2.05) is 0 Å². The molecule has 0 fully saturated rings. The molecule has 0 spiro atoms. The number of aliphatic hydroxyl groups excluding tert-OH is 1. The summed E-state index contributed by atoms with van der Waals surface area (Å²) in [7, 11) is 0. The molecule has 1 aromatic carbocycles. The molecule has 1 unspecified atom stereocenters. The van der Waals surface area contributed by atoms with Crippen molar-refractivity contribution in [3.63, 3.8) is 0 Å². The molecule has 0 aromatic heterocycles. The van der Waals surface area contributed by atoms with Crippen molar-refractivity contribution in [1.29, 1.82) is 5.26 Å². The maximum atomic E-state index is 9.35. The van der Waals surface area contributed by atoms with Crippen LogP contribution >= 0.6 is 47.8 Å². The number of halogens is 3. The molecule has 5 heteroatoms. The highest BCUT2D eigenvalue weighted by molar-refractivity contribution is 9.11. The first-order valence-corrected chi connectivity index (χ1v) is 5.66. The Morgan fingerprint density at radius 3 is 2.08 bits per heavy atom. The molecule has 0 aliphatic heterocycles. The van der Waals surface area contributed by atoms with Crippen LogP contribution in [0.25, 0.3) is 0 Å². The van der Waals surface area contributed by atoms with Gasteiger partial charge in [0, 0.05) is 19.0 Å². The van der Waals surface area contributed by atoms with Crippen LogP contribution in [0.2, 0.25) is 0 Å². The average Bonchev–Trinajstić information content (AvgIpc) is 2.02. The van der Waals surface area contributed by atoms with E-state index in [0.29, 0.717) is 14.5 Å². The van der Waals surface area contributed by atoms with Gasteiger partial charge in [0.25, 0.3) is 0 Å². The zero-order valence-electron chi connectivity index (χ0n) is 6.26. The minimum atomic E-state index is -1.11. The normalized spacial score (nSPS) is 12.2. The second kappa shape index (κ2) is 4.56. The van der Waals surface area contributed by atoms with Crippen LogP contribution < -0.4 is 0 Å². The Morgan fingerprint density at radius 1 is 1.23 bits per heavy atom. The minimum Gasteiger partial charge on any atom is -0.374 e. The van der Waals surface area contributed by atoms with Gasteiger partial charge in [-0.25, -0.2) is 0 Å². The number of hydrogen-bond acceptors (Lipinski definition) is 2. The summed E-state index contributed by atoms with van der Waals surface area (Å²) in [5, 5.41) is 17.9. The first-order valence-electron chi connectivity index (χ1n) is 3.28. The third kappa shape index (κ3) is 2.53. The predicted octanol–water partition coefficient (Wildman–Crippen LogP) is 3.53. The van der Waals surface area contributed by atoms with E-state index in [4.69, 9.17) is 5.26 Å². The number of rotatable bonds is 1. The van der Waals surface area contributed by atoms with Crippen molar-refractivity contribution in [1.82, 2.24) is 0 Å². The maximum absolute atomic E-state index is 9.35. The van der Waals surface area contributed by atoms with Crippen LogP contribution in [-0.4, -0.2) is 5.11 Å². The first-order chi connectivity index (χ1) is 6.06. The maximum Gasteiger partial charge on any atom is 0.168 e. The van der Waals surface area contributed by atoms with Crippen LogP contribution in [0.3, 0.4) is 0 Å². The number of aliphatic hydroxyl groups is 1. The predicted molar refractivity (Wildman–Crippen MR) is 60.1 cm³/mol. The fourth-order valence-corrected chi connectivity index (χ4v) is 3.57. The van der Waals surface area contributed by atoms with E-state index in [2.05, 4.69) is 47.8 Å². The van der Waals surface area contributed by atoms with Crippen molar-refractivity contribution < 1.29 is 5.11 Å². The third-order valence-electron chi connectivity index (χ3n) is 1.44. The Labute approximate surface area is 101 Å². The quantitative estimate of drug-likeness (QED) is 0.769. The summed E-state index contributed by atoms with van der Waals surface area (Å²) in [5.41, 5.74) is 0.547. The topological polar surface area (TPSA) is 44.0 Å². The van der Waals surface area contributed by atoms with Crippen molar-refractivity contribution in [3.05, 3.63) is 31.1 Å². The molecule has 1 rings (SSSR count). The van der Waals surface area contributed by atoms with Gasteiger partial charge >= 0.3 is 0 Å². The van der Waals surface area contributed by atoms with Gasteiger partial charge in [0.1, 0.15) is 0 Å². The molecule has 68 valence electrons. The second-order valence-electron chi connectivity index (χ2n) is 2.31. The molecule has 0 bridgehead atoms. The van der Waals surface area contributed by atoms with E-state index in [0.717, 1.165) is 4.47 Å². The van der Waals surface area contributed by atoms with Crippen LogP contribution in [0.5, 0.6) is 0 Å². The van der Waals surface area contributed by atoms with Crippen LogP contribution in [0.4, 0.5) is 0 Å². The molecule has 0 aliphatic carbocycles. The standard InChI is InChI=1S/C8H4Br3NO/c9-4-1-5(10)8(6(11)2-4)7(13)3-12/h1-2,7,13H. The largest absolute Gasteiger partial charge is 0.374 e. The lowest BCUT2D eigenvalue weighted by atomic mass is 10.1. The summed E-state index contributed by atoms with van der Waals surface area (Å²) in [4.78, 5) is 0. The molecule has 1 N–H and O–H groups in total. The van der Waals surface area contributed by atoms with Crippen LogP contribution in [-0.2, 0) is 0 Å². The van der Waals surface area contributed by atoms with Gasteiger partial charge in [-0.2, -0.15) is 5.26 Å². The Hall–Kier alpha value is 0.110. The van der Waals surface area contributed by atoms with E-state index < -0.39 is 6.10 Å². The molecule has 2 nitrogen and oxygen atoms in total. The third-order valence-corrected chi connectivity index (χ3v) is 3.21. The Bertz CT molecular complexity index is 349. The van der Waals surface area contributed by atoms with Crippen molar-refractivity contribution >= 4 is 47.8 Å². The highest BCUT2D eigenvalue weighted by Crippen LogP contribution is 2.33. The molecule has 0 amide bonds. The van der Waals surface area contributed by atoms with Crippen molar-refractivity contribution in [2.24, 2.45) is 0 Å². The molecule has 0 saturated carbocycles. The second-order valence-corrected chi connectivity index (χ2v) is 4.94. The zero-order valence-corrected chi connectivity index (χ0v) is 11.0. The van der Waals surface area contributed by atoms with Crippen LogP contribution in [0.15, 0.2) is 25.6 Å². The van der Waals surface area contributed by atoms with Gasteiger partial charge in [0.15, 0.2) is 6.10 Å². The SMILES string of the molecule is N#CC(O)c1c(Br)cc(Br)cc1Br. The molecule has 0 saturated heterocycles. The van der Waals surface area contributed by atoms with Gasteiger partial charge in [0.2, 0.25) is 0 Å². The number of benzene rings is 1. The van der Waals surface area contributed by atoms with Gasteiger partial charge in [-0.15, -0.1) is 0 Å². The van der Waals surface area contributed by atoms with Crippen LogP contribution in [0.1, 0.15) is 11.7 Å². The van der Waals surface area contributed by atoms with Gasteiger partial charge in [0.05, 0.1) is 6.07 Å². The van der Waals surface area contributed by atoms with Gasteiger partial charge in [-0.05, 0) is 12.1 Å². The summed E-state index contributed by atoms with van der Waals surface area (Å²) in [6, 6.07) is 5.32. The van der Waals surface area contributed by atoms with Gasteiger partial charge in [-0.3, -0.25) is 0 Å². The zero-order chi connectivity index (χ0) is 10.0. The van der Waals surface area contributed by atoms with Gasteiger partial charge < -0.3 is 5.11 Å². The lowest BCUT2D eigenvalue weighted by Crippen LogP contribution is -1.96. The van der Waals surface area contributed by atoms with E-state index in [9.17, 15) is 5.11 Å². The van der Waals surface area contributed by atoms with Gasteiger partial charge in [-0.1, -0.05) is 47.8 Å². The van der Waals surface area contributed by atoms with E-state index >= 15 is 0 Å². The van der Waals surface area contributed by atoms with Crippen molar-refractivity contribution in [2.45, 2.75) is 6.10 Å². The summed E-state index contributed by atoms with van der Waals surface area (Å²) < 4.78 is 2.27. The first kappa shape index (κ1) is 11.2. The fourth-order valence-electron chi connectivity index (χ4n) is 0.879. The Kier molecular flexibility index (Phi) is 3.92. The molecular weight excluding hydrogens is 366 g/mol. The number of nitriles is 1. The lowest BCUT2D eigenvalue weighted by molar-refractivity contribution is 0.234. The highest BCUT2D eigenvalue weighted by Gasteiger charge is 2.14. The lowest BCUT2D eigenvalue weighted by Gasteiger charge is -2.08. The monoisotopic (exact) mass is 367 g/mol. The Balaban J connectivity index is 3.30. The molecule has 0 aliphatic rings. The fraction of sp³-hybridized carbons (Fsp3) is 0.125. The van der Waals surface area contributed by atoms with E-state index in [1.165, 1.54) is 0 Å². The van der Waals surface area contributed by atoms with Crippen LogP contribution in [0, 0.1) is 11.3 Å². The van der Waals surface area contributed by atoms with E-state index in [1.54, 1.807) is 18.2 Å². The molecule has 1 atom stereocenters. The summed E-state index contributed by atoms with van der Waals surface area (Å²) in [6.45, 7) is 0. The average molecular weight is 370 g/mol. The highest BCUT2D eigenvalue weighted by atomic mass is 79.9. The van der Waals surface area contributed by atoms with Crippen molar-refractivity contribution in [2.75, 3.05) is 0 Å². The Morgan fingerprint density at radius 2 is 1.69 bits per heavy atom.